The van der Waals surface area contributed by atoms with Gasteiger partial charge in [0.1, 0.15) is 12.5 Å². The zero-order valence-electron chi connectivity index (χ0n) is 23.8. The van der Waals surface area contributed by atoms with Crippen LogP contribution in [0, 0.1) is 0 Å². The van der Waals surface area contributed by atoms with Gasteiger partial charge in [-0.3, -0.25) is 19.7 Å². The van der Waals surface area contributed by atoms with Crippen LogP contribution in [-0.2, 0) is 14.3 Å². The second-order valence-corrected chi connectivity index (χ2v) is 10.4. The van der Waals surface area contributed by atoms with E-state index in [1.54, 1.807) is 42.5 Å². The summed E-state index contributed by atoms with van der Waals surface area (Å²) in [6.45, 7) is 0.218. The number of likely N-dealkylation sites (tertiary alicyclic amines) is 1. The number of nitrogens with zero attached hydrogens (tertiary/aromatic N) is 6. The van der Waals surface area contributed by atoms with Gasteiger partial charge >= 0.3 is 6.09 Å². The smallest absolute Gasteiger partial charge is 0.411 e. The van der Waals surface area contributed by atoms with E-state index in [9.17, 15) is 23.6 Å². The van der Waals surface area contributed by atoms with E-state index in [1.807, 2.05) is 0 Å². The summed E-state index contributed by atoms with van der Waals surface area (Å²) in [6.07, 6.45) is 2.39. The number of tetrazole rings is 1. The first-order valence-electron chi connectivity index (χ1n) is 13.7. The lowest BCUT2D eigenvalue weighted by Gasteiger charge is -2.21. The highest BCUT2D eigenvalue weighted by Crippen LogP contribution is 2.24. The number of aromatic nitrogens is 6. The van der Waals surface area contributed by atoms with Crippen LogP contribution in [0.1, 0.15) is 30.1 Å². The molecule has 2 aromatic carbocycles. The third-order valence-corrected chi connectivity index (χ3v) is 7.22. The van der Waals surface area contributed by atoms with Gasteiger partial charge in [0.25, 0.3) is 5.56 Å². The van der Waals surface area contributed by atoms with Crippen molar-refractivity contribution >= 4 is 41.3 Å². The average Bonchev–Trinajstić information content (AvgIpc) is 3.73. The molecule has 4 aromatic rings. The standard InChI is InChI=1S/C29H27ClFN9O5/c1-45-29(44)33-21-6-2-17(3-7-21)22-13-24(35-36-28(22)43)23(14-27(42)39-11-10-20(31)15-39)34-26(41)9-4-18-12-19(30)5-8-25(18)40-16-32-37-38-40/h2-9,12-13,16,20,23H,10-11,14-15H2,1H3,(H,33,44)(H,34,41)(H,36,43)/b9-4+/t20-,23-/m0/s1. The van der Waals surface area contributed by atoms with Crippen LogP contribution >= 0.6 is 11.6 Å². The van der Waals surface area contributed by atoms with E-state index >= 15 is 0 Å². The minimum Gasteiger partial charge on any atom is -0.453 e. The number of carbonyl (C=O) groups is 3. The second kappa shape index (κ2) is 13.9. The zero-order valence-corrected chi connectivity index (χ0v) is 24.6. The lowest BCUT2D eigenvalue weighted by Crippen LogP contribution is -2.36. The van der Waals surface area contributed by atoms with Crippen molar-refractivity contribution in [3.63, 3.8) is 0 Å². The molecule has 16 heteroatoms. The van der Waals surface area contributed by atoms with E-state index in [-0.39, 0.29) is 43.1 Å². The van der Waals surface area contributed by atoms with E-state index in [4.69, 9.17) is 11.6 Å². The Labute approximate surface area is 260 Å². The van der Waals surface area contributed by atoms with Crippen LogP contribution in [-0.4, -0.2) is 79.6 Å². The van der Waals surface area contributed by atoms with E-state index in [1.165, 1.54) is 41.2 Å². The highest BCUT2D eigenvalue weighted by molar-refractivity contribution is 6.30. The Kier molecular flexibility index (Phi) is 9.57. The minimum absolute atomic E-state index is 0.0374. The maximum atomic E-state index is 13.9. The molecule has 2 aromatic heterocycles. The van der Waals surface area contributed by atoms with Crippen LogP contribution in [0.3, 0.4) is 0 Å². The molecule has 0 radical (unpaired) electrons. The van der Waals surface area contributed by atoms with Crippen molar-refractivity contribution in [3.05, 3.63) is 87.6 Å². The SMILES string of the molecule is COC(=O)Nc1ccc(-c2cc([C@H](CC(=O)N3CC[C@H](F)C3)NC(=O)/C=C/c3cc(Cl)ccc3-n3cnnn3)n[nH]c2=O)cc1. The fraction of sp³-hybridized carbons (Fsp3) is 0.241. The summed E-state index contributed by atoms with van der Waals surface area (Å²) in [5, 5.41) is 23.4. The molecule has 1 fully saturated rings. The van der Waals surface area contributed by atoms with Gasteiger partial charge in [-0.25, -0.2) is 14.3 Å². The maximum Gasteiger partial charge on any atom is 0.411 e. The van der Waals surface area contributed by atoms with E-state index < -0.39 is 29.8 Å². The van der Waals surface area contributed by atoms with Crippen molar-refractivity contribution in [2.24, 2.45) is 0 Å². The van der Waals surface area contributed by atoms with Gasteiger partial charge in [0.2, 0.25) is 11.8 Å². The molecule has 0 bridgehead atoms. The third-order valence-electron chi connectivity index (χ3n) is 6.99. The number of carbonyl (C=O) groups excluding carboxylic acids is 3. The van der Waals surface area contributed by atoms with Crippen molar-refractivity contribution in [3.8, 4) is 16.8 Å². The summed E-state index contributed by atoms with van der Waals surface area (Å²) >= 11 is 6.18. The van der Waals surface area contributed by atoms with Gasteiger partial charge in [-0.1, -0.05) is 23.7 Å². The first-order chi connectivity index (χ1) is 21.7. The number of amides is 3. The number of methoxy groups -OCH3 is 1. The highest BCUT2D eigenvalue weighted by Gasteiger charge is 2.29. The summed E-state index contributed by atoms with van der Waals surface area (Å²) in [5.74, 6) is -0.957. The molecular formula is C29H27ClFN9O5. The Morgan fingerprint density at radius 1 is 1.20 bits per heavy atom. The predicted molar refractivity (Wildman–Crippen MR) is 161 cm³/mol. The fourth-order valence-electron chi connectivity index (χ4n) is 4.72. The number of benzene rings is 2. The zero-order chi connectivity index (χ0) is 31.9. The molecule has 1 saturated heterocycles. The van der Waals surface area contributed by atoms with Crippen LogP contribution in [0.25, 0.3) is 22.9 Å². The Balaban J connectivity index is 1.41. The fourth-order valence-corrected chi connectivity index (χ4v) is 4.90. The molecule has 1 aliphatic rings. The molecule has 0 saturated carbocycles. The van der Waals surface area contributed by atoms with Crippen molar-refractivity contribution in [1.29, 1.82) is 0 Å². The van der Waals surface area contributed by atoms with Gasteiger partial charge in [-0.2, -0.15) is 9.78 Å². The largest absolute Gasteiger partial charge is 0.453 e. The summed E-state index contributed by atoms with van der Waals surface area (Å²) < 4.78 is 19.9. The molecular weight excluding hydrogens is 609 g/mol. The number of nitrogens with one attached hydrogen (secondary N) is 3. The van der Waals surface area contributed by atoms with Crippen LogP contribution in [0.5, 0.6) is 0 Å². The summed E-state index contributed by atoms with van der Waals surface area (Å²) in [5.41, 5.74) is 1.93. The molecule has 0 aliphatic carbocycles. The molecule has 14 nitrogen and oxygen atoms in total. The molecule has 3 amide bonds. The van der Waals surface area contributed by atoms with Crippen LogP contribution in [0.15, 0.2) is 65.7 Å². The van der Waals surface area contributed by atoms with Crippen LogP contribution in [0.2, 0.25) is 5.02 Å². The average molecular weight is 636 g/mol. The highest BCUT2D eigenvalue weighted by atomic mass is 35.5. The Morgan fingerprint density at radius 2 is 2.00 bits per heavy atom. The van der Waals surface area contributed by atoms with Gasteiger partial charge in [0.15, 0.2) is 0 Å². The van der Waals surface area contributed by atoms with Gasteiger partial charge in [-0.05, 0) is 64.9 Å². The number of H-pyrrole nitrogens is 1. The number of hydrogen-bond acceptors (Lipinski definition) is 9. The van der Waals surface area contributed by atoms with Crippen molar-refractivity contribution < 1.29 is 23.5 Å². The quantitative estimate of drug-likeness (QED) is 0.233. The lowest BCUT2D eigenvalue weighted by atomic mass is 10.0. The van der Waals surface area contributed by atoms with Gasteiger partial charge in [-0.15, -0.1) is 5.10 Å². The number of halogens is 2. The number of aromatic amines is 1. The Morgan fingerprint density at radius 3 is 2.69 bits per heavy atom. The van der Waals surface area contributed by atoms with E-state index in [0.29, 0.717) is 27.5 Å². The summed E-state index contributed by atoms with van der Waals surface area (Å²) in [4.78, 5) is 52.0. The van der Waals surface area contributed by atoms with Crippen LogP contribution < -0.4 is 16.2 Å². The molecule has 2 atom stereocenters. The van der Waals surface area contributed by atoms with Crippen LogP contribution in [0.4, 0.5) is 14.9 Å². The molecule has 1 aliphatic heterocycles. The normalized spacial score (nSPS) is 15.2. The number of anilines is 1. The maximum absolute atomic E-state index is 13.9. The number of hydrogen-bond donors (Lipinski definition) is 3. The summed E-state index contributed by atoms with van der Waals surface area (Å²) in [7, 11) is 1.24. The molecule has 3 N–H and O–H groups in total. The number of ether oxygens (including phenoxy) is 1. The Bertz CT molecular complexity index is 1780. The topological polar surface area (TPSA) is 177 Å². The van der Waals surface area contributed by atoms with E-state index in [2.05, 4.69) is 41.1 Å². The monoisotopic (exact) mass is 635 g/mol. The molecule has 5 rings (SSSR count). The minimum atomic E-state index is -1.12. The third kappa shape index (κ3) is 7.75. The van der Waals surface area contributed by atoms with Crippen molar-refractivity contribution in [2.45, 2.75) is 25.1 Å². The second-order valence-electron chi connectivity index (χ2n) is 10.0. The van der Waals surface area contributed by atoms with Gasteiger partial charge in [0, 0.05) is 28.9 Å². The number of alkyl halides is 1. The molecule has 0 unspecified atom stereocenters. The molecule has 232 valence electrons. The summed E-state index contributed by atoms with van der Waals surface area (Å²) in [6, 6.07) is 11.8. The first kappa shape index (κ1) is 31.0. The van der Waals surface area contributed by atoms with Gasteiger partial charge < -0.3 is 15.0 Å². The molecule has 0 spiro atoms. The number of rotatable bonds is 9. The Hall–Kier alpha value is -5.44. The van der Waals surface area contributed by atoms with Crippen molar-refractivity contribution in [2.75, 3.05) is 25.5 Å². The van der Waals surface area contributed by atoms with Crippen molar-refractivity contribution in [1.82, 2.24) is 40.6 Å². The molecule has 45 heavy (non-hydrogen) atoms. The van der Waals surface area contributed by atoms with E-state index in [0.717, 1.165) is 0 Å². The van der Waals surface area contributed by atoms with Gasteiger partial charge in [0.05, 0.1) is 43.1 Å². The predicted octanol–water partition coefficient (Wildman–Crippen LogP) is 3.08. The first-order valence-corrected chi connectivity index (χ1v) is 14.1. The molecule has 3 heterocycles. The lowest BCUT2D eigenvalue weighted by molar-refractivity contribution is -0.131.